The van der Waals surface area contributed by atoms with E-state index in [4.69, 9.17) is 0 Å². The monoisotopic (exact) mass is 311 g/mol. The number of hydrogen-bond donors (Lipinski definition) is 1. The van der Waals surface area contributed by atoms with E-state index in [1.807, 2.05) is 6.92 Å². The maximum Gasteiger partial charge on any atom is 0.227 e. The Balaban J connectivity index is 1.95. The predicted molar refractivity (Wildman–Crippen MR) is 76.4 cm³/mol. The van der Waals surface area contributed by atoms with Crippen LogP contribution in [0.15, 0.2) is 34.7 Å². The van der Waals surface area contributed by atoms with Crippen molar-refractivity contribution in [1.29, 1.82) is 0 Å². The number of amides is 1. The molecule has 0 atom stereocenters. The minimum atomic E-state index is -3.44. The van der Waals surface area contributed by atoms with E-state index in [-0.39, 0.29) is 17.1 Å². The molecule has 0 saturated heterocycles. The summed E-state index contributed by atoms with van der Waals surface area (Å²) in [4.78, 5) is 11.8. The third-order valence-corrected chi connectivity index (χ3v) is 4.92. The van der Waals surface area contributed by atoms with Crippen LogP contribution in [0.3, 0.4) is 0 Å². The molecule has 0 aliphatic carbocycles. The second-order valence-electron chi connectivity index (χ2n) is 4.17. The zero-order valence-corrected chi connectivity index (χ0v) is 12.4. The van der Waals surface area contributed by atoms with Gasteiger partial charge in [-0.05, 0) is 19.1 Å². The SMILES string of the molecule is Cc1ccc(S(=O)(=O)CCC(=O)Nc2nncs2)cc1. The normalized spacial score (nSPS) is 11.2. The Kier molecular flexibility index (Phi) is 4.46. The highest BCUT2D eigenvalue weighted by molar-refractivity contribution is 7.91. The van der Waals surface area contributed by atoms with Gasteiger partial charge in [-0.1, -0.05) is 29.0 Å². The van der Waals surface area contributed by atoms with Crippen LogP contribution in [0.2, 0.25) is 0 Å². The summed E-state index contributed by atoms with van der Waals surface area (Å²) in [7, 11) is -3.44. The third-order valence-electron chi connectivity index (χ3n) is 2.58. The standard InChI is InChI=1S/C12H13N3O3S2/c1-9-2-4-10(5-3-9)20(17,18)7-6-11(16)14-12-15-13-8-19-12/h2-5,8H,6-7H2,1H3,(H,14,15,16). The maximum absolute atomic E-state index is 12.0. The van der Waals surface area contributed by atoms with Gasteiger partial charge in [-0.2, -0.15) is 0 Å². The number of benzene rings is 1. The van der Waals surface area contributed by atoms with E-state index in [9.17, 15) is 13.2 Å². The number of aryl methyl sites for hydroxylation is 1. The molecule has 8 heteroatoms. The fourth-order valence-electron chi connectivity index (χ4n) is 1.50. The lowest BCUT2D eigenvalue weighted by atomic mass is 10.2. The van der Waals surface area contributed by atoms with Crippen LogP contribution < -0.4 is 5.32 Å². The fraction of sp³-hybridized carbons (Fsp3) is 0.250. The summed E-state index contributed by atoms with van der Waals surface area (Å²) in [5.41, 5.74) is 2.47. The molecule has 2 rings (SSSR count). The molecule has 1 amide bonds. The molecule has 0 unspecified atom stereocenters. The number of aromatic nitrogens is 2. The van der Waals surface area contributed by atoms with Crippen molar-refractivity contribution in [2.45, 2.75) is 18.2 Å². The summed E-state index contributed by atoms with van der Waals surface area (Å²) in [5, 5.41) is 10.1. The minimum Gasteiger partial charge on any atom is -0.301 e. The molecule has 0 saturated carbocycles. The first-order chi connectivity index (χ1) is 9.47. The molecule has 2 aromatic rings. The molecule has 1 N–H and O–H groups in total. The largest absolute Gasteiger partial charge is 0.301 e. The summed E-state index contributed by atoms with van der Waals surface area (Å²) in [6, 6.07) is 6.56. The van der Waals surface area contributed by atoms with Gasteiger partial charge < -0.3 is 5.32 Å². The number of rotatable bonds is 5. The summed E-state index contributed by atoms with van der Waals surface area (Å²) >= 11 is 1.18. The fourth-order valence-corrected chi connectivity index (χ4v) is 3.20. The van der Waals surface area contributed by atoms with E-state index in [1.165, 1.54) is 16.8 Å². The van der Waals surface area contributed by atoms with Gasteiger partial charge in [0.15, 0.2) is 9.84 Å². The summed E-state index contributed by atoms with van der Waals surface area (Å²) in [5.74, 6) is -0.627. The smallest absolute Gasteiger partial charge is 0.227 e. The van der Waals surface area contributed by atoms with Gasteiger partial charge in [0.25, 0.3) is 0 Å². The van der Waals surface area contributed by atoms with Crippen LogP contribution in [0.25, 0.3) is 0 Å². The molecular weight excluding hydrogens is 298 g/mol. The third kappa shape index (κ3) is 3.84. The summed E-state index contributed by atoms with van der Waals surface area (Å²) < 4.78 is 24.1. The first-order valence-corrected chi connectivity index (χ1v) is 8.36. The summed E-state index contributed by atoms with van der Waals surface area (Å²) in [6.07, 6.45) is -0.115. The molecule has 1 aromatic heterocycles. The van der Waals surface area contributed by atoms with Crippen molar-refractivity contribution in [3.8, 4) is 0 Å². The Hall–Kier alpha value is -1.80. The first-order valence-electron chi connectivity index (χ1n) is 5.83. The molecule has 106 valence electrons. The second kappa shape index (κ2) is 6.10. The molecule has 0 aliphatic rings. The van der Waals surface area contributed by atoms with Crippen LogP contribution in [0.1, 0.15) is 12.0 Å². The number of carbonyl (C=O) groups is 1. The number of sulfone groups is 1. The number of carbonyl (C=O) groups excluding carboxylic acids is 1. The van der Waals surface area contributed by atoms with Crippen LogP contribution in [0, 0.1) is 6.92 Å². The van der Waals surface area contributed by atoms with Crippen molar-refractivity contribution in [1.82, 2.24) is 10.2 Å². The lowest BCUT2D eigenvalue weighted by Crippen LogP contribution is -2.17. The number of anilines is 1. The Bertz CT molecular complexity index is 679. The highest BCUT2D eigenvalue weighted by Gasteiger charge is 2.16. The number of hydrogen-bond acceptors (Lipinski definition) is 6. The van der Waals surface area contributed by atoms with Gasteiger partial charge in [-0.25, -0.2) is 8.42 Å². The van der Waals surface area contributed by atoms with Crippen LogP contribution in [-0.4, -0.2) is 30.3 Å². The lowest BCUT2D eigenvalue weighted by molar-refractivity contribution is -0.115. The lowest BCUT2D eigenvalue weighted by Gasteiger charge is -2.04. The molecular formula is C12H13N3O3S2. The molecule has 0 radical (unpaired) electrons. The number of nitrogens with zero attached hydrogens (tertiary/aromatic N) is 2. The van der Waals surface area contributed by atoms with E-state index >= 15 is 0 Å². The van der Waals surface area contributed by atoms with Crippen molar-refractivity contribution in [3.63, 3.8) is 0 Å². The quantitative estimate of drug-likeness (QED) is 0.907. The van der Waals surface area contributed by atoms with E-state index < -0.39 is 15.7 Å². The van der Waals surface area contributed by atoms with Crippen LogP contribution in [-0.2, 0) is 14.6 Å². The zero-order chi connectivity index (χ0) is 14.6. The summed E-state index contributed by atoms with van der Waals surface area (Å²) in [6.45, 7) is 1.88. The topological polar surface area (TPSA) is 89.0 Å². The van der Waals surface area contributed by atoms with Gasteiger partial charge in [0.2, 0.25) is 11.0 Å². The highest BCUT2D eigenvalue weighted by atomic mass is 32.2. The van der Waals surface area contributed by atoms with Crippen molar-refractivity contribution in [3.05, 3.63) is 35.3 Å². The van der Waals surface area contributed by atoms with Gasteiger partial charge in [-0.15, -0.1) is 10.2 Å². The average Bonchev–Trinajstić information content (AvgIpc) is 2.90. The van der Waals surface area contributed by atoms with E-state index in [2.05, 4.69) is 15.5 Å². The van der Waals surface area contributed by atoms with E-state index in [0.29, 0.717) is 5.13 Å². The molecule has 20 heavy (non-hydrogen) atoms. The predicted octanol–water partition coefficient (Wildman–Crippen LogP) is 1.65. The van der Waals surface area contributed by atoms with Crippen LogP contribution in [0.4, 0.5) is 5.13 Å². The molecule has 0 fully saturated rings. The molecule has 6 nitrogen and oxygen atoms in total. The Morgan fingerprint density at radius 1 is 1.30 bits per heavy atom. The van der Waals surface area contributed by atoms with E-state index in [1.54, 1.807) is 24.3 Å². The van der Waals surface area contributed by atoms with Crippen molar-refractivity contribution in [2.75, 3.05) is 11.1 Å². The molecule has 0 aliphatic heterocycles. The number of nitrogens with one attached hydrogen (secondary N) is 1. The van der Waals surface area contributed by atoms with Gasteiger partial charge in [0, 0.05) is 6.42 Å². The minimum absolute atomic E-state index is 0.115. The molecule has 1 aromatic carbocycles. The Morgan fingerprint density at radius 3 is 2.60 bits per heavy atom. The molecule has 1 heterocycles. The first kappa shape index (κ1) is 14.6. The van der Waals surface area contributed by atoms with E-state index in [0.717, 1.165) is 5.56 Å². The van der Waals surface area contributed by atoms with Crippen molar-refractivity contribution >= 4 is 32.2 Å². The van der Waals surface area contributed by atoms with Gasteiger partial charge >= 0.3 is 0 Å². The molecule has 0 spiro atoms. The maximum atomic E-state index is 12.0. The van der Waals surface area contributed by atoms with Gasteiger partial charge in [-0.3, -0.25) is 4.79 Å². The van der Waals surface area contributed by atoms with Gasteiger partial charge in [0.05, 0.1) is 10.6 Å². The van der Waals surface area contributed by atoms with Crippen LogP contribution >= 0.6 is 11.3 Å². The van der Waals surface area contributed by atoms with Crippen LogP contribution in [0.5, 0.6) is 0 Å². The Morgan fingerprint density at radius 2 is 2.00 bits per heavy atom. The zero-order valence-electron chi connectivity index (χ0n) is 10.7. The van der Waals surface area contributed by atoms with Gasteiger partial charge in [0.1, 0.15) is 5.51 Å². The van der Waals surface area contributed by atoms with Crippen molar-refractivity contribution in [2.24, 2.45) is 0 Å². The highest BCUT2D eigenvalue weighted by Crippen LogP contribution is 2.14. The Labute approximate surface area is 120 Å². The average molecular weight is 311 g/mol. The second-order valence-corrected chi connectivity index (χ2v) is 7.12. The van der Waals surface area contributed by atoms with Crippen molar-refractivity contribution < 1.29 is 13.2 Å². The molecule has 0 bridgehead atoms.